The van der Waals surface area contributed by atoms with Gasteiger partial charge in [-0.3, -0.25) is 14.3 Å². The van der Waals surface area contributed by atoms with Crippen LogP contribution in [0.3, 0.4) is 0 Å². The Morgan fingerprint density at radius 1 is 0.971 bits per heavy atom. The van der Waals surface area contributed by atoms with E-state index in [9.17, 15) is 31.2 Å². The van der Waals surface area contributed by atoms with Crippen LogP contribution in [0.5, 0.6) is 0 Å². The maximum atomic E-state index is 13.3. The monoisotopic (exact) mass is 506 g/mol. The van der Waals surface area contributed by atoms with E-state index in [0.29, 0.717) is 18.8 Å². The lowest BCUT2D eigenvalue weighted by Crippen LogP contribution is -2.23. The molecule has 0 aliphatic carbocycles. The lowest BCUT2D eigenvalue weighted by atomic mass is 10.2. The molecular weight excluding hydrogens is 485 g/mol. The van der Waals surface area contributed by atoms with Crippen LogP contribution >= 0.6 is 0 Å². The number of alkyl halides is 3. The first-order chi connectivity index (χ1) is 16.5. The Bertz CT molecular complexity index is 1390. The van der Waals surface area contributed by atoms with Crippen molar-refractivity contribution in [1.82, 2.24) is 4.98 Å². The number of sulfonamides is 1. The normalized spacial score (nSPS) is 14.1. The van der Waals surface area contributed by atoms with Crippen molar-refractivity contribution >= 4 is 33.0 Å². The van der Waals surface area contributed by atoms with Gasteiger partial charge < -0.3 is 15.2 Å². The highest BCUT2D eigenvalue weighted by Crippen LogP contribution is 2.34. The fraction of sp³-hybridized carbons (Fsp3) is 0.217. The minimum absolute atomic E-state index is 0.153. The van der Waals surface area contributed by atoms with Crippen molar-refractivity contribution < 1.29 is 26.4 Å². The molecule has 0 atom stereocenters. The number of H-pyrrole nitrogens is 1. The highest BCUT2D eigenvalue weighted by molar-refractivity contribution is 7.92. The molecule has 0 saturated carbocycles. The number of carbonyl (C=O) groups is 1. The summed E-state index contributed by atoms with van der Waals surface area (Å²) in [6.45, 7) is 1.24. The summed E-state index contributed by atoms with van der Waals surface area (Å²) in [5.74, 6) is -0.579. The van der Waals surface area contributed by atoms with Crippen LogP contribution in [-0.2, 0) is 16.2 Å². The van der Waals surface area contributed by atoms with Crippen molar-refractivity contribution in [3.05, 3.63) is 82.3 Å². The average Bonchev–Trinajstić information content (AvgIpc) is 3.34. The minimum atomic E-state index is -4.63. The van der Waals surface area contributed by atoms with Gasteiger partial charge in [-0.2, -0.15) is 13.2 Å². The summed E-state index contributed by atoms with van der Waals surface area (Å²) in [6, 6.07) is 10.8. The van der Waals surface area contributed by atoms with Gasteiger partial charge >= 0.3 is 6.18 Å². The predicted octanol–water partition coefficient (Wildman–Crippen LogP) is 4.05. The number of carbonyl (C=O) groups excluding carboxylic acids is 1. The third-order valence-electron chi connectivity index (χ3n) is 5.44. The Kier molecular flexibility index (Phi) is 6.57. The van der Waals surface area contributed by atoms with Crippen LogP contribution in [0.25, 0.3) is 0 Å². The van der Waals surface area contributed by atoms with Gasteiger partial charge in [-0.1, -0.05) is 6.07 Å². The standard InChI is InChI=1S/C23H21F3N4O4S/c24-23(25,26)16-4-3-5-18(12-16)29-35(33,34)20-13-17(7-8-19(20)30-10-1-2-11-30)28-22(32)15-6-9-21(31)27-14-15/h3-9,12-14,29H,1-2,10-11H2,(H,27,31)(H,28,32). The van der Waals surface area contributed by atoms with Crippen LogP contribution in [-0.4, -0.2) is 32.4 Å². The third-order valence-corrected chi connectivity index (χ3v) is 6.85. The van der Waals surface area contributed by atoms with Gasteiger partial charge in [0.05, 0.1) is 16.8 Å². The van der Waals surface area contributed by atoms with E-state index in [4.69, 9.17) is 0 Å². The first-order valence-electron chi connectivity index (χ1n) is 10.6. The zero-order chi connectivity index (χ0) is 25.2. The van der Waals surface area contributed by atoms with Gasteiger partial charge in [0.25, 0.3) is 15.9 Å². The van der Waals surface area contributed by atoms with Gasteiger partial charge in [0.1, 0.15) is 4.90 Å². The van der Waals surface area contributed by atoms with Gasteiger partial charge in [0, 0.05) is 36.7 Å². The summed E-state index contributed by atoms with van der Waals surface area (Å²) in [6.07, 6.45) is -1.67. The lowest BCUT2D eigenvalue weighted by molar-refractivity contribution is -0.137. The third kappa shape index (κ3) is 5.65. The van der Waals surface area contributed by atoms with Crippen LogP contribution in [0.4, 0.5) is 30.2 Å². The van der Waals surface area contributed by atoms with Gasteiger partial charge in [-0.25, -0.2) is 8.42 Å². The molecule has 0 radical (unpaired) electrons. The van der Waals surface area contributed by atoms with Crippen molar-refractivity contribution in [2.75, 3.05) is 28.0 Å². The number of nitrogens with one attached hydrogen (secondary N) is 3. The van der Waals surface area contributed by atoms with E-state index >= 15 is 0 Å². The van der Waals surface area contributed by atoms with E-state index in [0.717, 1.165) is 31.0 Å². The highest BCUT2D eigenvalue weighted by atomic mass is 32.2. The Morgan fingerprint density at radius 2 is 1.71 bits per heavy atom. The maximum absolute atomic E-state index is 13.3. The van der Waals surface area contributed by atoms with E-state index in [-0.39, 0.29) is 27.4 Å². The van der Waals surface area contributed by atoms with Gasteiger partial charge in [0.15, 0.2) is 0 Å². The van der Waals surface area contributed by atoms with E-state index in [2.05, 4.69) is 15.0 Å². The maximum Gasteiger partial charge on any atom is 0.416 e. The number of rotatable bonds is 6. The molecule has 35 heavy (non-hydrogen) atoms. The summed E-state index contributed by atoms with van der Waals surface area (Å²) in [5, 5.41) is 2.58. The Hall–Kier alpha value is -3.80. The second-order valence-electron chi connectivity index (χ2n) is 7.96. The number of amides is 1. The number of aromatic nitrogens is 1. The van der Waals surface area contributed by atoms with E-state index in [1.54, 1.807) is 12.1 Å². The molecule has 8 nitrogen and oxygen atoms in total. The fourth-order valence-corrected chi connectivity index (χ4v) is 5.05. The van der Waals surface area contributed by atoms with Gasteiger partial charge in [-0.05, 0) is 55.3 Å². The van der Waals surface area contributed by atoms with Gasteiger partial charge in [-0.15, -0.1) is 0 Å². The molecule has 12 heteroatoms. The summed E-state index contributed by atoms with van der Waals surface area (Å²) >= 11 is 0. The molecule has 1 aliphatic heterocycles. The molecule has 184 valence electrons. The Balaban J connectivity index is 1.68. The number of benzene rings is 2. The quantitative estimate of drug-likeness (QED) is 0.467. The summed E-state index contributed by atoms with van der Waals surface area (Å²) in [7, 11) is -4.33. The topological polar surface area (TPSA) is 111 Å². The highest BCUT2D eigenvalue weighted by Gasteiger charge is 2.31. The van der Waals surface area contributed by atoms with Crippen LogP contribution in [0.2, 0.25) is 0 Å². The number of halogens is 3. The number of hydrogen-bond acceptors (Lipinski definition) is 5. The van der Waals surface area contributed by atoms with Crippen molar-refractivity contribution in [2.24, 2.45) is 0 Å². The molecule has 2 aromatic carbocycles. The average molecular weight is 507 g/mol. The van der Waals surface area contributed by atoms with Crippen LogP contribution in [0, 0.1) is 0 Å². The van der Waals surface area contributed by atoms with Crippen molar-refractivity contribution in [3.63, 3.8) is 0 Å². The number of aromatic amines is 1. The van der Waals surface area contributed by atoms with Crippen LogP contribution < -0.4 is 20.5 Å². The SMILES string of the molecule is O=C(Nc1ccc(N2CCCC2)c(S(=O)(=O)Nc2cccc(C(F)(F)F)c2)c1)c1ccc(=O)[nH]c1. The molecule has 0 unspecified atom stereocenters. The number of nitrogens with zero attached hydrogens (tertiary/aromatic N) is 1. The number of anilines is 3. The van der Waals surface area contributed by atoms with Crippen molar-refractivity contribution in [1.29, 1.82) is 0 Å². The first kappa shape index (κ1) is 24.3. The summed E-state index contributed by atoms with van der Waals surface area (Å²) in [4.78, 5) is 27.8. The molecule has 1 fully saturated rings. The van der Waals surface area contributed by atoms with E-state index in [1.165, 1.54) is 30.5 Å². The van der Waals surface area contributed by atoms with Crippen LogP contribution in [0.15, 0.2) is 70.5 Å². The van der Waals surface area contributed by atoms with E-state index in [1.807, 2.05) is 4.90 Å². The minimum Gasteiger partial charge on any atom is -0.370 e. The molecule has 1 saturated heterocycles. The molecule has 0 spiro atoms. The first-order valence-corrected chi connectivity index (χ1v) is 12.1. The molecule has 2 heterocycles. The largest absolute Gasteiger partial charge is 0.416 e. The molecule has 4 rings (SSSR count). The zero-order valence-electron chi connectivity index (χ0n) is 18.2. The molecule has 1 aromatic heterocycles. The van der Waals surface area contributed by atoms with Crippen molar-refractivity contribution in [2.45, 2.75) is 23.9 Å². The number of pyridine rings is 1. The zero-order valence-corrected chi connectivity index (χ0v) is 19.0. The molecule has 3 aromatic rings. The molecular formula is C23H21F3N4O4S. The number of hydrogen-bond donors (Lipinski definition) is 3. The lowest BCUT2D eigenvalue weighted by Gasteiger charge is -2.22. The second kappa shape index (κ2) is 9.45. The molecule has 1 amide bonds. The predicted molar refractivity (Wildman–Crippen MR) is 125 cm³/mol. The molecule has 1 aliphatic rings. The Labute approximate surface area is 198 Å². The second-order valence-corrected chi connectivity index (χ2v) is 9.61. The van der Waals surface area contributed by atoms with Gasteiger partial charge in [0.2, 0.25) is 5.56 Å². The molecule has 3 N–H and O–H groups in total. The van der Waals surface area contributed by atoms with Crippen LogP contribution in [0.1, 0.15) is 28.8 Å². The van der Waals surface area contributed by atoms with E-state index < -0.39 is 27.7 Å². The smallest absolute Gasteiger partial charge is 0.370 e. The fourth-order valence-electron chi connectivity index (χ4n) is 3.75. The summed E-state index contributed by atoms with van der Waals surface area (Å²) < 4.78 is 68.1. The summed E-state index contributed by atoms with van der Waals surface area (Å²) in [5.41, 5.74) is -0.919. The van der Waals surface area contributed by atoms with Crippen molar-refractivity contribution in [3.8, 4) is 0 Å². The Morgan fingerprint density at radius 3 is 2.37 bits per heavy atom. The molecule has 0 bridgehead atoms.